The predicted octanol–water partition coefficient (Wildman–Crippen LogP) is 4.48. The van der Waals surface area contributed by atoms with Crippen LogP contribution in [0.2, 0.25) is 0 Å². The predicted molar refractivity (Wildman–Crippen MR) is 138 cm³/mol. The molecule has 1 atom stereocenters. The van der Waals surface area contributed by atoms with Crippen LogP contribution in [0.1, 0.15) is 59.8 Å². The van der Waals surface area contributed by atoms with Crippen molar-refractivity contribution in [2.45, 2.75) is 45.6 Å². The number of ether oxygens (including phenoxy) is 3. The van der Waals surface area contributed by atoms with Crippen molar-refractivity contribution in [1.29, 1.82) is 0 Å². The lowest BCUT2D eigenvalue weighted by molar-refractivity contribution is -0.227. The third-order valence-corrected chi connectivity index (χ3v) is 5.67. The SMILES string of the molecule is CCOC(CCCNC(=O)c1ccc(COc2cccc(C(N=[NH2+])c3ccccc3)c2)cc1)OCC. The highest BCUT2D eigenvalue weighted by Crippen LogP contribution is 2.28. The summed E-state index contributed by atoms with van der Waals surface area (Å²) in [5.74, 6) is 0.633. The van der Waals surface area contributed by atoms with Crippen molar-refractivity contribution < 1.29 is 24.5 Å². The molecule has 1 amide bonds. The van der Waals surface area contributed by atoms with Gasteiger partial charge < -0.3 is 19.5 Å². The molecule has 7 heteroatoms. The van der Waals surface area contributed by atoms with Crippen molar-refractivity contribution in [3.8, 4) is 5.75 Å². The first-order valence-corrected chi connectivity index (χ1v) is 12.4. The highest BCUT2D eigenvalue weighted by Gasteiger charge is 2.16. The molecule has 7 nitrogen and oxygen atoms in total. The zero-order valence-electron chi connectivity index (χ0n) is 21.1. The third kappa shape index (κ3) is 8.29. The molecule has 0 heterocycles. The molecular formula is C29H36N3O4+. The average Bonchev–Trinajstić information content (AvgIpc) is 2.91. The largest absolute Gasteiger partial charge is 0.489 e. The zero-order valence-corrected chi connectivity index (χ0v) is 21.1. The Labute approximate surface area is 213 Å². The minimum Gasteiger partial charge on any atom is -0.489 e. The molecule has 190 valence electrons. The molecular weight excluding hydrogens is 454 g/mol. The van der Waals surface area contributed by atoms with Crippen LogP contribution in [0.25, 0.3) is 0 Å². The molecule has 0 aromatic heterocycles. The van der Waals surface area contributed by atoms with Crippen LogP contribution in [0, 0.1) is 0 Å². The van der Waals surface area contributed by atoms with Crippen LogP contribution < -0.4 is 15.6 Å². The highest BCUT2D eigenvalue weighted by molar-refractivity contribution is 5.94. The van der Waals surface area contributed by atoms with Crippen molar-refractivity contribution in [2.75, 3.05) is 19.8 Å². The van der Waals surface area contributed by atoms with Gasteiger partial charge in [0.15, 0.2) is 12.3 Å². The van der Waals surface area contributed by atoms with Crippen molar-refractivity contribution in [3.63, 3.8) is 0 Å². The molecule has 3 aromatic carbocycles. The second-order valence-electron chi connectivity index (χ2n) is 8.26. The molecule has 3 aromatic rings. The fourth-order valence-electron chi connectivity index (χ4n) is 3.85. The number of hydrogen-bond donors (Lipinski definition) is 2. The molecule has 36 heavy (non-hydrogen) atoms. The second-order valence-corrected chi connectivity index (χ2v) is 8.26. The molecule has 0 saturated heterocycles. The standard InChI is InChI=1S/C29H35N3O4/c1-3-34-27(35-4-2)14-9-19-31-29(33)24-17-15-22(16-18-24)21-36-26-13-8-12-25(20-26)28(32-30)23-10-6-5-7-11-23/h5-8,10-13,15-18,20,27-28,30H,3-4,9,14,19,21H2,1-2H3,(H,31,33)/p+1. The van der Waals surface area contributed by atoms with Gasteiger partial charge in [-0.3, -0.25) is 4.79 Å². The maximum absolute atomic E-state index is 12.5. The molecule has 0 aliphatic heterocycles. The Balaban J connectivity index is 1.49. The van der Waals surface area contributed by atoms with Gasteiger partial charge in [0.05, 0.1) is 0 Å². The normalized spacial score (nSPS) is 11.8. The lowest BCUT2D eigenvalue weighted by Crippen LogP contribution is -2.26. The number of amides is 1. The van der Waals surface area contributed by atoms with Gasteiger partial charge >= 0.3 is 0 Å². The van der Waals surface area contributed by atoms with E-state index in [1.54, 1.807) is 0 Å². The smallest absolute Gasteiger partial charge is 0.251 e. The van der Waals surface area contributed by atoms with Gasteiger partial charge in [-0.05, 0) is 66.3 Å². The number of carbonyl (C=O) groups is 1. The fourth-order valence-corrected chi connectivity index (χ4v) is 3.85. The summed E-state index contributed by atoms with van der Waals surface area (Å²) in [4.78, 5) is 12.5. The summed E-state index contributed by atoms with van der Waals surface area (Å²) in [6, 6.07) is 24.9. The van der Waals surface area contributed by atoms with Gasteiger partial charge in [-0.1, -0.05) is 54.6 Å². The molecule has 0 radical (unpaired) electrons. The Morgan fingerprint density at radius 3 is 2.28 bits per heavy atom. The van der Waals surface area contributed by atoms with Gasteiger partial charge in [0.1, 0.15) is 12.4 Å². The zero-order chi connectivity index (χ0) is 25.6. The van der Waals surface area contributed by atoms with Crippen molar-refractivity contribution in [1.82, 2.24) is 5.32 Å². The quantitative estimate of drug-likeness (QED) is 0.187. The van der Waals surface area contributed by atoms with Crippen LogP contribution in [0.5, 0.6) is 5.75 Å². The molecule has 3 rings (SSSR count). The number of benzene rings is 3. The van der Waals surface area contributed by atoms with E-state index < -0.39 is 0 Å². The minimum absolute atomic E-state index is 0.1000. The van der Waals surface area contributed by atoms with Crippen molar-refractivity contribution in [3.05, 3.63) is 101 Å². The Morgan fingerprint density at radius 1 is 0.917 bits per heavy atom. The fraction of sp³-hybridized carbons (Fsp3) is 0.345. The molecule has 3 N–H and O–H groups in total. The van der Waals surface area contributed by atoms with Gasteiger partial charge in [-0.2, -0.15) is 5.53 Å². The van der Waals surface area contributed by atoms with E-state index in [9.17, 15) is 4.79 Å². The summed E-state index contributed by atoms with van der Waals surface area (Å²) >= 11 is 0. The van der Waals surface area contributed by atoms with Crippen LogP contribution in [0.4, 0.5) is 0 Å². The summed E-state index contributed by atoms with van der Waals surface area (Å²) in [6.45, 7) is 6.05. The summed E-state index contributed by atoms with van der Waals surface area (Å²) in [7, 11) is 0. The van der Waals surface area contributed by atoms with Crippen LogP contribution >= 0.6 is 0 Å². The Kier molecular flexibility index (Phi) is 11.1. The third-order valence-electron chi connectivity index (χ3n) is 5.67. The van der Waals surface area contributed by atoms with E-state index >= 15 is 0 Å². The molecule has 0 aliphatic carbocycles. The summed E-state index contributed by atoms with van der Waals surface area (Å²) < 4.78 is 17.1. The Bertz CT molecular complexity index is 1070. The second kappa shape index (κ2) is 14.8. The van der Waals surface area contributed by atoms with E-state index in [4.69, 9.17) is 19.7 Å². The minimum atomic E-state index is -0.253. The molecule has 0 saturated carbocycles. The Morgan fingerprint density at radius 2 is 1.61 bits per heavy atom. The van der Waals surface area contributed by atoms with Crippen molar-refractivity contribution in [2.24, 2.45) is 5.11 Å². The maximum atomic E-state index is 12.5. The Hall–Kier alpha value is -3.55. The number of nitrogens with one attached hydrogen (secondary N) is 1. The van der Waals surface area contributed by atoms with E-state index in [2.05, 4.69) is 10.4 Å². The first kappa shape index (κ1) is 27.0. The lowest BCUT2D eigenvalue weighted by Gasteiger charge is -2.16. The lowest BCUT2D eigenvalue weighted by atomic mass is 9.99. The summed E-state index contributed by atoms with van der Waals surface area (Å²) in [5, 5.41) is 7.01. The van der Waals surface area contributed by atoms with E-state index in [1.165, 1.54) is 0 Å². The van der Waals surface area contributed by atoms with Crippen LogP contribution in [0.15, 0.2) is 84.0 Å². The first-order valence-electron chi connectivity index (χ1n) is 12.4. The van der Waals surface area contributed by atoms with E-state index in [0.29, 0.717) is 31.9 Å². The topological polar surface area (TPSA) is 94.7 Å². The van der Waals surface area contributed by atoms with E-state index in [0.717, 1.165) is 35.3 Å². The van der Waals surface area contributed by atoms with E-state index in [-0.39, 0.29) is 18.2 Å². The molecule has 1 unspecified atom stereocenters. The van der Waals surface area contributed by atoms with Gasteiger partial charge in [-0.25, -0.2) is 0 Å². The molecule has 0 spiro atoms. The van der Waals surface area contributed by atoms with Crippen LogP contribution in [0.3, 0.4) is 0 Å². The summed E-state index contributed by atoms with van der Waals surface area (Å²) in [5.41, 5.74) is 9.27. The van der Waals surface area contributed by atoms with Crippen LogP contribution in [-0.4, -0.2) is 32.0 Å². The average molecular weight is 491 g/mol. The summed E-state index contributed by atoms with van der Waals surface area (Å²) in [6.07, 6.45) is 1.31. The number of hydrogen-bond acceptors (Lipinski definition) is 5. The van der Waals surface area contributed by atoms with Gasteiger partial charge in [0.2, 0.25) is 0 Å². The van der Waals surface area contributed by atoms with Gasteiger partial charge in [0, 0.05) is 31.7 Å². The number of rotatable bonds is 15. The van der Waals surface area contributed by atoms with Gasteiger partial charge in [0.25, 0.3) is 5.91 Å². The number of nitrogens with zero attached hydrogens (tertiary/aromatic N) is 1. The van der Waals surface area contributed by atoms with Crippen molar-refractivity contribution >= 4 is 5.91 Å². The van der Waals surface area contributed by atoms with Gasteiger partial charge in [-0.15, -0.1) is 0 Å². The first-order chi connectivity index (χ1) is 17.6. The monoisotopic (exact) mass is 490 g/mol. The highest BCUT2D eigenvalue weighted by atomic mass is 16.7. The maximum Gasteiger partial charge on any atom is 0.251 e. The number of carbonyl (C=O) groups excluding carboxylic acids is 1. The molecule has 0 fully saturated rings. The van der Waals surface area contributed by atoms with E-state index in [1.807, 2.05) is 92.7 Å². The molecule has 0 bridgehead atoms. The number of nitrogens with two attached hydrogens (primary N) is 1. The van der Waals surface area contributed by atoms with Crippen LogP contribution in [-0.2, 0) is 16.1 Å². The molecule has 0 aliphatic rings.